The zero-order chi connectivity index (χ0) is 22.8. The van der Waals surface area contributed by atoms with E-state index in [1.807, 2.05) is 0 Å². The highest BCUT2D eigenvalue weighted by molar-refractivity contribution is 5.63. The molecular formula is C21H14F7NO2. The van der Waals surface area contributed by atoms with Gasteiger partial charge in [0.2, 0.25) is 0 Å². The van der Waals surface area contributed by atoms with Gasteiger partial charge in [0.15, 0.2) is 0 Å². The van der Waals surface area contributed by atoms with Crippen molar-refractivity contribution < 1.29 is 40.6 Å². The number of aliphatic hydroxyl groups excluding tert-OH is 1. The summed E-state index contributed by atoms with van der Waals surface area (Å²) in [7, 11) is 0. The summed E-state index contributed by atoms with van der Waals surface area (Å²) >= 11 is 0. The quantitative estimate of drug-likeness (QED) is 0.488. The van der Waals surface area contributed by atoms with E-state index in [1.165, 1.54) is 18.2 Å². The van der Waals surface area contributed by atoms with Crippen molar-refractivity contribution in [2.75, 3.05) is 6.61 Å². The van der Waals surface area contributed by atoms with Gasteiger partial charge in [0, 0.05) is 17.8 Å². The monoisotopic (exact) mass is 445 g/mol. The van der Waals surface area contributed by atoms with Crippen LogP contribution in [0.5, 0.6) is 5.75 Å². The Morgan fingerprint density at radius 3 is 2.03 bits per heavy atom. The minimum atomic E-state index is -4.84. The summed E-state index contributed by atoms with van der Waals surface area (Å²) in [6.07, 6.45) is -3.78. The molecule has 0 spiro atoms. The maximum absolute atomic E-state index is 14.9. The van der Waals surface area contributed by atoms with E-state index in [0.717, 1.165) is 36.5 Å². The molecule has 164 valence electrons. The van der Waals surface area contributed by atoms with E-state index in [-0.39, 0.29) is 0 Å². The van der Waals surface area contributed by atoms with Crippen molar-refractivity contribution in [2.45, 2.75) is 18.2 Å². The second-order valence-electron chi connectivity index (χ2n) is 6.53. The fourth-order valence-electron chi connectivity index (χ4n) is 2.98. The normalized spacial score (nSPS) is 13.2. The minimum absolute atomic E-state index is 0.326. The van der Waals surface area contributed by atoms with Gasteiger partial charge < -0.3 is 9.84 Å². The number of alkyl halides is 5. The molecule has 10 heteroatoms. The number of hydrogen-bond acceptors (Lipinski definition) is 3. The van der Waals surface area contributed by atoms with Gasteiger partial charge in [-0.3, -0.25) is 4.98 Å². The van der Waals surface area contributed by atoms with E-state index in [0.29, 0.717) is 17.2 Å². The maximum atomic E-state index is 14.9. The number of ether oxygens (including phenoxy) is 1. The number of benzene rings is 2. The molecule has 0 aliphatic carbocycles. The number of pyridine rings is 1. The standard InChI is InChI=1S/C21H14F7NO2/c22-14-4-7-16(18(23)9-14)17(11-30)20(24,25)19-8-3-13(10-29-19)12-1-5-15(6-2-12)31-21(26,27)28/h1-10,17,30H,11H2. The lowest BCUT2D eigenvalue weighted by molar-refractivity contribution is -0.274. The molecule has 0 aliphatic heterocycles. The van der Waals surface area contributed by atoms with E-state index >= 15 is 0 Å². The molecule has 3 rings (SSSR count). The second-order valence-corrected chi connectivity index (χ2v) is 6.53. The van der Waals surface area contributed by atoms with Crippen LogP contribution in [0.2, 0.25) is 0 Å². The van der Waals surface area contributed by atoms with Crippen LogP contribution < -0.4 is 4.74 Å². The van der Waals surface area contributed by atoms with Gasteiger partial charge in [-0.05, 0) is 35.4 Å². The molecule has 0 aliphatic rings. The lowest BCUT2D eigenvalue weighted by Gasteiger charge is -2.25. The zero-order valence-corrected chi connectivity index (χ0v) is 15.5. The van der Waals surface area contributed by atoms with Gasteiger partial charge >= 0.3 is 6.36 Å². The number of aliphatic hydroxyl groups is 1. The SMILES string of the molecule is OCC(c1ccc(F)cc1F)C(F)(F)c1ccc(-c2ccc(OC(F)(F)F)cc2)cn1. The molecule has 1 aromatic heterocycles. The van der Waals surface area contributed by atoms with E-state index in [9.17, 15) is 35.8 Å². The number of aromatic nitrogens is 1. The lowest BCUT2D eigenvalue weighted by atomic mass is 9.90. The number of hydrogen-bond donors (Lipinski definition) is 1. The largest absolute Gasteiger partial charge is 0.573 e. The van der Waals surface area contributed by atoms with Gasteiger partial charge in [-0.15, -0.1) is 13.2 Å². The fraction of sp³-hybridized carbons (Fsp3) is 0.190. The highest BCUT2D eigenvalue weighted by Gasteiger charge is 2.44. The molecule has 1 heterocycles. The molecule has 1 unspecified atom stereocenters. The van der Waals surface area contributed by atoms with Crippen LogP contribution in [-0.4, -0.2) is 23.1 Å². The van der Waals surface area contributed by atoms with Crippen LogP contribution >= 0.6 is 0 Å². The molecule has 31 heavy (non-hydrogen) atoms. The average molecular weight is 445 g/mol. The first kappa shape index (κ1) is 22.5. The molecule has 2 aromatic carbocycles. The smallest absolute Gasteiger partial charge is 0.406 e. The Bertz CT molecular complexity index is 1040. The number of nitrogens with zero attached hydrogens (tertiary/aromatic N) is 1. The summed E-state index contributed by atoms with van der Waals surface area (Å²) in [5, 5.41) is 9.45. The maximum Gasteiger partial charge on any atom is 0.573 e. The number of halogens is 7. The van der Waals surface area contributed by atoms with Gasteiger partial charge in [-0.1, -0.05) is 24.3 Å². The van der Waals surface area contributed by atoms with E-state index < -0.39 is 53.5 Å². The van der Waals surface area contributed by atoms with Crippen molar-refractivity contribution in [2.24, 2.45) is 0 Å². The second kappa shape index (κ2) is 8.54. The molecule has 0 radical (unpaired) electrons. The van der Waals surface area contributed by atoms with E-state index in [4.69, 9.17) is 0 Å². The summed E-state index contributed by atoms with van der Waals surface area (Å²) in [4.78, 5) is 3.68. The highest BCUT2D eigenvalue weighted by atomic mass is 19.4. The molecular weight excluding hydrogens is 431 g/mol. The Hall–Kier alpha value is -3.14. The third-order valence-electron chi connectivity index (χ3n) is 4.48. The van der Waals surface area contributed by atoms with Crippen LogP contribution in [0.25, 0.3) is 11.1 Å². The van der Waals surface area contributed by atoms with Crippen molar-refractivity contribution in [1.29, 1.82) is 0 Å². The molecule has 0 saturated carbocycles. The first-order valence-electron chi connectivity index (χ1n) is 8.77. The van der Waals surface area contributed by atoms with Crippen molar-refractivity contribution >= 4 is 0 Å². The summed E-state index contributed by atoms with van der Waals surface area (Å²) in [6.45, 7) is -1.13. The van der Waals surface area contributed by atoms with Crippen molar-refractivity contribution in [1.82, 2.24) is 4.98 Å². The Morgan fingerprint density at radius 1 is 0.871 bits per heavy atom. The summed E-state index contributed by atoms with van der Waals surface area (Å²) in [5.41, 5.74) is -0.622. The summed E-state index contributed by atoms with van der Waals surface area (Å²) < 4.78 is 97.3. The molecule has 0 fully saturated rings. The highest BCUT2D eigenvalue weighted by Crippen LogP contribution is 2.42. The first-order chi connectivity index (χ1) is 14.5. The van der Waals surface area contributed by atoms with Gasteiger partial charge in [0.25, 0.3) is 5.92 Å². The Labute approximate surface area is 171 Å². The molecule has 0 saturated heterocycles. The topological polar surface area (TPSA) is 42.4 Å². The van der Waals surface area contributed by atoms with E-state index in [2.05, 4.69) is 9.72 Å². The van der Waals surface area contributed by atoms with Crippen molar-refractivity contribution in [3.05, 3.63) is 83.7 Å². The Morgan fingerprint density at radius 2 is 1.52 bits per heavy atom. The fourth-order valence-corrected chi connectivity index (χ4v) is 2.98. The molecule has 1 N–H and O–H groups in total. The predicted molar refractivity (Wildman–Crippen MR) is 96.4 cm³/mol. The van der Waals surface area contributed by atoms with Gasteiger partial charge in [0.05, 0.1) is 12.5 Å². The lowest BCUT2D eigenvalue weighted by Crippen LogP contribution is -2.28. The van der Waals surface area contributed by atoms with Crippen LogP contribution in [0.15, 0.2) is 60.8 Å². The zero-order valence-electron chi connectivity index (χ0n) is 15.5. The summed E-state index contributed by atoms with van der Waals surface area (Å²) in [6, 6.07) is 9.00. The van der Waals surface area contributed by atoms with Crippen molar-refractivity contribution in [3.8, 4) is 16.9 Å². The third kappa shape index (κ3) is 5.13. The van der Waals surface area contributed by atoms with Gasteiger partial charge in [0.1, 0.15) is 23.1 Å². The molecule has 3 nitrogen and oxygen atoms in total. The van der Waals surface area contributed by atoms with Gasteiger partial charge in [-0.25, -0.2) is 8.78 Å². The third-order valence-corrected chi connectivity index (χ3v) is 4.48. The Kier molecular flexibility index (Phi) is 6.21. The van der Waals surface area contributed by atoms with Crippen LogP contribution in [0.1, 0.15) is 17.2 Å². The van der Waals surface area contributed by atoms with Crippen LogP contribution in [0.3, 0.4) is 0 Å². The molecule has 0 amide bonds. The first-order valence-corrected chi connectivity index (χ1v) is 8.77. The summed E-state index contributed by atoms with van der Waals surface area (Å²) in [5.74, 6) is -8.42. The molecule has 1 atom stereocenters. The molecule has 3 aromatic rings. The Balaban J connectivity index is 1.85. The molecule has 0 bridgehead atoms. The average Bonchev–Trinajstić information content (AvgIpc) is 2.69. The minimum Gasteiger partial charge on any atom is -0.406 e. The van der Waals surface area contributed by atoms with Crippen molar-refractivity contribution in [3.63, 3.8) is 0 Å². The number of rotatable bonds is 6. The predicted octanol–water partition coefficient (Wildman–Crippen LogP) is 5.79. The van der Waals surface area contributed by atoms with Crippen LogP contribution in [0, 0.1) is 11.6 Å². The van der Waals surface area contributed by atoms with E-state index in [1.54, 1.807) is 0 Å². The van der Waals surface area contributed by atoms with Crippen LogP contribution in [0.4, 0.5) is 30.7 Å². The van der Waals surface area contributed by atoms with Gasteiger partial charge in [-0.2, -0.15) is 8.78 Å². The van der Waals surface area contributed by atoms with Crippen LogP contribution in [-0.2, 0) is 5.92 Å².